The monoisotopic (exact) mass is 179 g/mol. The van der Waals surface area contributed by atoms with Crippen molar-refractivity contribution < 1.29 is 4.74 Å². The normalized spacial score (nSPS) is 11.5. The maximum absolute atomic E-state index is 5.78. The molecule has 0 aliphatic rings. The molecule has 0 atom stereocenters. The summed E-state index contributed by atoms with van der Waals surface area (Å²) < 4.78 is 5.64. The highest BCUT2D eigenvalue weighted by Gasteiger charge is 2.14. The van der Waals surface area contributed by atoms with E-state index in [1.165, 1.54) is 0 Å². The average Bonchev–Trinajstić information content (AvgIpc) is 1.95. The van der Waals surface area contributed by atoms with E-state index in [4.69, 9.17) is 10.5 Å². The molecule has 0 saturated heterocycles. The maximum atomic E-state index is 5.78. The van der Waals surface area contributed by atoms with Crippen molar-refractivity contribution in [1.29, 1.82) is 0 Å². The second kappa shape index (κ2) is 3.38. The first-order chi connectivity index (χ1) is 5.90. The molecule has 13 heavy (non-hydrogen) atoms. The van der Waals surface area contributed by atoms with E-state index in [1.807, 2.05) is 45.9 Å². The number of para-hydroxylation sites is 1. The maximum Gasteiger partial charge on any atom is 0.152 e. The fourth-order valence-electron chi connectivity index (χ4n) is 1.22. The zero-order chi connectivity index (χ0) is 10.1. The van der Waals surface area contributed by atoms with Crippen LogP contribution >= 0.6 is 0 Å². The van der Waals surface area contributed by atoms with Gasteiger partial charge in [-0.3, -0.25) is 5.73 Å². The first-order valence-corrected chi connectivity index (χ1v) is 4.44. The fourth-order valence-corrected chi connectivity index (χ4v) is 1.22. The second-order valence-corrected chi connectivity index (χ2v) is 3.93. The molecule has 0 aliphatic heterocycles. The lowest BCUT2D eigenvalue weighted by Gasteiger charge is -2.23. The molecule has 0 heterocycles. The molecule has 1 aromatic carbocycles. The zero-order valence-electron chi connectivity index (χ0n) is 8.72. The molecular formula is C11H17NO. The molecule has 0 unspecified atom stereocenters. The van der Waals surface area contributed by atoms with Gasteiger partial charge in [0.25, 0.3) is 0 Å². The molecule has 2 N–H and O–H groups in total. The molecular weight excluding hydrogens is 162 g/mol. The van der Waals surface area contributed by atoms with E-state index in [1.54, 1.807) is 0 Å². The van der Waals surface area contributed by atoms with E-state index in [0.29, 0.717) is 0 Å². The minimum absolute atomic E-state index is 0.614. The standard InChI is InChI=1S/C11H17NO/c1-8-6-5-7-9(2)10(8)13-11(3,4)12/h5-7H,12H2,1-4H3. The first kappa shape index (κ1) is 10.1. The van der Waals surface area contributed by atoms with Gasteiger partial charge in [0, 0.05) is 0 Å². The number of aryl methyl sites for hydroxylation is 2. The molecule has 72 valence electrons. The van der Waals surface area contributed by atoms with Crippen LogP contribution in [0.15, 0.2) is 18.2 Å². The topological polar surface area (TPSA) is 35.2 Å². The van der Waals surface area contributed by atoms with Crippen LogP contribution in [0.3, 0.4) is 0 Å². The molecule has 0 saturated carbocycles. The summed E-state index contributed by atoms with van der Waals surface area (Å²) in [5.41, 5.74) is 7.42. The third-order valence-electron chi connectivity index (χ3n) is 1.77. The molecule has 0 aromatic heterocycles. The van der Waals surface area contributed by atoms with Crippen molar-refractivity contribution in [3.63, 3.8) is 0 Å². The van der Waals surface area contributed by atoms with Gasteiger partial charge in [-0.1, -0.05) is 18.2 Å². The Labute approximate surface area is 79.7 Å². The molecule has 0 fully saturated rings. The Bertz CT molecular complexity index is 279. The quantitative estimate of drug-likeness (QED) is 0.707. The SMILES string of the molecule is Cc1cccc(C)c1OC(C)(C)N. The smallest absolute Gasteiger partial charge is 0.152 e. The van der Waals surface area contributed by atoms with Gasteiger partial charge in [0.15, 0.2) is 5.72 Å². The highest BCUT2D eigenvalue weighted by Crippen LogP contribution is 2.24. The summed E-state index contributed by atoms with van der Waals surface area (Å²) in [5.74, 6) is 0.898. The van der Waals surface area contributed by atoms with Gasteiger partial charge in [-0.15, -0.1) is 0 Å². The predicted molar refractivity (Wildman–Crippen MR) is 54.8 cm³/mol. The minimum atomic E-state index is -0.614. The van der Waals surface area contributed by atoms with E-state index in [0.717, 1.165) is 16.9 Å². The van der Waals surface area contributed by atoms with Crippen LogP contribution in [-0.2, 0) is 0 Å². The highest BCUT2D eigenvalue weighted by atomic mass is 16.5. The zero-order valence-corrected chi connectivity index (χ0v) is 8.72. The van der Waals surface area contributed by atoms with Crippen LogP contribution < -0.4 is 10.5 Å². The lowest BCUT2D eigenvalue weighted by molar-refractivity contribution is 0.115. The second-order valence-electron chi connectivity index (χ2n) is 3.93. The Kier molecular flexibility index (Phi) is 2.62. The molecule has 1 rings (SSSR count). The number of rotatable bonds is 2. The first-order valence-electron chi connectivity index (χ1n) is 4.44. The van der Waals surface area contributed by atoms with Crippen LogP contribution in [0.25, 0.3) is 0 Å². The van der Waals surface area contributed by atoms with Gasteiger partial charge in [0.05, 0.1) is 0 Å². The molecule has 0 radical (unpaired) electrons. The summed E-state index contributed by atoms with van der Waals surface area (Å²) in [5, 5.41) is 0. The van der Waals surface area contributed by atoms with Crippen LogP contribution in [0.5, 0.6) is 5.75 Å². The Balaban J connectivity index is 3.00. The van der Waals surface area contributed by atoms with Crippen molar-refractivity contribution >= 4 is 0 Å². The number of hydrogen-bond acceptors (Lipinski definition) is 2. The van der Waals surface area contributed by atoms with Gasteiger partial charge in [0.1, 0.15) is 5.75 Å². The summed E-state index contributed by atoms with van der Waals surface area (Å²) in [4.78, 5) is 0. The van der Waals surface area contributed by atoms with Crippen LogP contribution in [0.1, 0.15) is 25.0 Å². The number of nitrogens with two attached hydrogens (primary N) is 1. The number of ether oxygens (including phenoxy) is 1. The van der Waals surface area contributed by atoms with Crippen molar-refractivity contribution in [2.75, 3.05) is 0 Å². The van der Waals surface area contributed by atoms with E-state index >= 15 is 0 Å². The van der Waals surface area contributed by atoms with Crippen molar-refractivity contribution in [1.82, 2.24) is 0 Å². The summed E-state index contributed by atoms with van der Waals surface area (Å²) >= 11 is 0. The van der Waals surface area contributed by atoms with Crippen molar-refractivity contribution in [3.8, 4) is 5.75 Å². The average molecular weight is 179 g/mol. The van der Waals surface area contributed by atoms with Gasteiger partial charge in [-0.25, -0.2) is 0 Å². The third kappa shape index (κ3) is 2.74. The summed E-state index contributed by atoms with van der Waals surface area (Å²) in [6.45, 7) is 7.74. The molecule has 2 nitrogen and oxygen atoms in total. The molecule has 2 heteroatoms. The Hall–Kier alpha value is -1.02. The highest BCUT2D eigenvalue weighted by molar-refractivity contribution is 5.40. The lowest BCUT2D eigenvalue weighted by atomic mass is 10.1. The largest absolute Gasteiger partial charge is 0.473 e. The van der Waals surface area contributed by atoms with Crippen molar-refractivity contribution in [2.45, 2.75) is 33.4 Å². The van der Waals surface area contributed by atoms with Crippen LogP contribution in [-0.4, -0.2) is 5.72 Å². The van der Waals surface area contributed by atoms with Crippen molar-refractivity contribution in [3.05, 3.63) is 29.3 Å². The number of benzene rings is 1. The van der Waals surface area contributed by atoms with Crippen LogP contribution in [0.4, 0.5) is 0 Å². The van der Waals surface area contributed by atoms with Gasteiger partial charge in [0.2, 0.25) is 0 Å². The van der Waals surface area contributed by atoms with Gasteiger partial charge in [-0.05, 0) is 38.8 Å². The third-order valence-corrected chi connectivity index (χ3v) is 1.77. The van der Waals surface area contributed by atoms with Crippen LogP contribution in [0, 0.1) is 13.8 Å². The lowest BCUT2D eigenvalue weighted by Crippen LogP contribution is -2.39. The van der Waals surface area contributed by atoms with Gasteiger partial charge in [-0.2, -0.15) is 0 Å². The molecule has 0 aliphatic carbocycles. The van der Waals surface area contributed by atoms with E-state index < -0.39 is 5.72 Å². The van der Waals surface area contributed by atoms with Crippen molar-refractivity contribution in [2.24, 2.45) is 5.73 Å². The summed E-state index contributed by atoms with van der Waals surface area (Å²) in [7, 11) is 0. The van der Waals surface area contributed by atoms with E-state index in [2.05, 4.69) is 0 Å². The predicted octanol–water partition coefficient (Wildman–Crippen LogP) is 2.38. The van der Waals surface area contributed by atoms with Gasteiger partial charge >= 0.3 is 0 Å². The van der Waals surface area contributed by atoms with Gasteiger partial charge < -0.3 is 4.74 Å². The number of hydrogen-bond donors (Lipinski definition) is 1. The Morgan fingerprint density at radius 3 is 2.00 bits per heavy atom. The Morgan fingerprint density at radius 1 is 1.15 bits per heavy atom. The molecule has 0 amide bonds. The summed E-state index contributed by atoms with van der Waals surface area (Å²) in [6, 6.07) is 6.06. The Morgan fingerprint density at radius 2 is 1.62 bits per heavy atom. The summed E-state index contributed by atoms with van der Waals surface area (Å²) in [6.07, 6.45) is 0. The van der Waals surface area contributed by atoms with Crippen LogP contribution in [0.2, 0.25) is 0 Å². The van der Waals surface area contributed by atoms with E-state index in [9.17, 15) is 0 Å². The fraction of sp³-hybridized carbons (Fsp3) is 0.455. The molecule has 0 spiro atoms. The molecule has 1 aromatic rings. The minimum Gasteiger partial charge on any atom is -0.473 e. The van der Waals surface area contributed by atoms with E-state index in [-0.39, 0.29) is 0 Å². The molecule has 0 bridgehead atoms.